The van der Waals surface area contributed by atoms with E-state index in [0.717, 1.165) is 45.4 Å². The molecule has 168 valence electrons. The highest BCUT2D eigenvalue weighted by molar-refractivity contribution is 7.89. The molecule has 0 unspecified atom stereocenters. The molecule has 0 spiro atoms. The lowest BCUT2D eigenvalue weighted by Gasteiger charge is -2.43. The molecular weight excluding hydrogens is 406 g/mol. The van der Waals surface area contributed by atoms with Crippen LogP contribution in [-0.2, 0) is 10.0 Å². The van der Waals surface area contributed by atoms with Crippen molar-refractivity contribution >= 4 is 21.4 Å². The van der Waals surface area contributed by atoms with Crippen LogP contribution in [-0.4, -0.2) is 85.8 Å². The third-order valence-corrected chi connectivity index (χ3v) is 8.08. The van der Waals surface area contributed by atoms with Gasteiger partial charge in [-0.15, -0.1) is 0 Å². The van der Waals surface area contributed by atoms with Crippen LogP contribution in [0.3, 0.4) is 0 Å². The number of hydrogen-bond acceptors (Lipinski definition) is 7. The quantitative estimate of drug-likeness (QED) is 0.514. The number of benzene rings is 1. The van der Waals surface area contributed by atoms with E-state index in [0.29, 0.717) is 25.3 Å². The molecule has 0 saturated carbocycles. The normalized spacial score (nSPS) is 20.2. The van der Waals surface area contributed by atoms with E-state index >= 15 is 0 Å². The van der Waals surface area contributed by atoms with Crippen molar-refractivity contribution in [1.29, 1.82) is 0 Å². The van der Waals surface area contributed by atoms with Gasteiger partial charge in [0.25, 0.3) is 5.69 Å². The average molecular weight is 440 g/mol. The molecule has 2 aliphatic heterocycles. The van der Waals surface area contributed by atoms with Crippen molar-refractivity contribution in [1.82, 2.24) is 14.1 Å². The van der Waals surface area contributed by atoms with E-state index in [4.69, 9.17) is 0 Å². The minimum Gasteiger partial charge on any atom is -0.378 e. The minimum absolute atomic E-state index is 0.0139. The third kappa shape index (κ3) is 5.11. The molecule has 1 N–H and O–H groups in total. The zero-order valence-corrected chi connectivity index (χ0v) is 18.9. The summed E-state index contributed by atoms with van der Waals surface area (Å²) in [6.45, 7) is 9.57. The second-order valence-corrected chi connectivity index (χ2v) is 10.8. The molecule has 0 aromatic heterocycles. The molecule has 0 aliphatic carbocycles. The van der Waals surface area contributed by atoms with Gasteiger partial charge in [0.1, 0.15) is 5.69 Å². The predicted octanol–water partition coefficient (Wildman–Crippen LogP) is 2.21. The molecule has 30 heavy (non-hydrogen) atoms. The molecule has 1 aromatic rings. The zero-order chi connectivity index (χ0) is 21.9. The molecule has 2 saturated heterocycles. The Hall–Kier alpha value is -1.75. The standard InChI is InChI=1S/C20H33N5O4S/c1-20(2,23-13-11-22(3)12-14-23)16-21-18-8-7-17(15-19(18)25(26)27)30(28,29)24-9-5-4-6-10-24/h7-8,15,21H,4-6,9-14,16H2,1-3H3. The first-order valence-corrected chi connectivity index (χ1v) is 12.0. The van der Waals surface area contributed by atoms with Crippen LogP contribution in [0.2, 0.25) is 0 Å². The number of sulfonamides is 1. The van der Waals surface area contributed by atoms with Gasteiger partial charge in [-0.2, -0.15) is 4.31 Å². The second-order valence-electron chi connectivity index (χ2n) is 8.86. The monoisotopic (exact) mass is 439 g/mol. The maximum atomic E-state index is 12.9. The summed E-state index contributed by atoms with van der Waals surface area (Å²) in [7, 11) is -1.61. The van der Waals surface area contributed by atoms with Crippen LogP contribution < -0.4 is 5.32 Å². The summed E-state index contributed by atoms with van der Waals surface area (Å²) in [5.41, 5.74) is -0.0460. The molecule has 0 amide bonds. The van der Waals surface area contributed by atoms with Gasteiger partial charge in [0.05, 0.1) is 9.82 Å². The largest absolute Gasteiger partial charge is 0.378 e. The summed E-state index contributed by atoms with van der Waals surface area (Å²) in [5.74, 6) is 0. The highest BCUT2D eigenvalue weighted by atomic mass is 32.2. The van der Waals surface area contributed by atoms with Crippen molar-refractivity contribution in [3.05, 3.63) is 28.3 Å². The molecule has 10 heteroatoms. The summed E-state index contributed by atoms with van der Waals surface area (Å²) < 4.78 is 27.2. The number of piperidine rings is 1. The number of nitro benzene ring substituents is 1. The van der Waals surface area contributed by atoms with Gasteiger partial charge in [-0.25, -0.2) is 8.42 Å². The Balaban J connectivity index is 1.76. The second kappa shape index (κ2) is 9.17. The van der Waals surface area contributed by atoms with Crippen LogP contribution >= 0.6 is 0 Å². The predicted molar refractivity (Wildman–Crippen MR) is 117 cm³/mol. The van der Waals surface area contributed by atoms with Crippen LogP contribution in [0.5, 0.6) is 0 Å². The van der Waals surface area contributed by atoms with E-state index < -0.39 is 14.9 Å². The Morgan fingerprint density at radius 3 is 2.30 bits per heavy atom. The van der Waals surface area contributed by atoms with E-state index in [1.807, 2.05) is 0 Å². The molecule has 0 bridgehead atoms. The van der Waals surface area contributed by atoms with Crippen LogP contribution in [0.4, 0.5) is 11.4 Å². The van der Waals surface area contributed by atoms with Crippen molar-refractivity contribution in [3.8, 4) is 0 Å². The minimum atomic E-state index is -3.71. The van der Waals surface area contributed by atoms with Gasteiger partial charge in [0.15, 0.2) is 0 Å². The first-order valence-electron chi connectivity index (χ1n) is 10.6. The fraction of sp³-hybridized carbons (Fsp3) is 0.700. The summed E-state index contributed by atoms with van der Waals surface area (Å²) >= 11 is 0. The number of hydrogen-bond donors (Lipinski definition) is 1. The highest BCUT2D eigenvalue weighted by Crippen LogP contribution is 2.31. The fourth-order valence-electron chi connectivity index (χ4n) is 4.06. The van der Waals surface area contributed by atoms with Crippen molar-refractivity contribution < 1.29 is 13.3 Å². The molecule has 3 rings (SSSR count). The summed E-state index contributed by atoms with van der Waals surface area (Å²) in [6.07, 6.45) is 2.66. The number of nitrogens with one attached hydrogen (secondary N) is 1. The molecular formula is C20H33N5O4S. The Bertz CT molecular complexity index is 860. The summed E-state index contributed by atoms with van der Waals surface area (Å²) in [6, 6.07) is 4.19. The molecule has 2 fully saturated rings. The van der Waals surface area contributed by atoms with E-state index in [9.17, 15) is 18.5 Å². The average Bonchev–Trinajstić information content (AvgIpc) is 2.73. The number of likely N-dealkylation sites (N-methyl/N-ethyl adjacent to an activating group) is 1. The van der Waals surface area contributed by atoms with E-state index in [1.54, 1.807) is 0 Å². The molecule has 0 radical (unpaired) electrons. The van der Waals surface area contributed by atoms with E-state index in [1.165, 1.54) is 22.5 Å². The number of piperazine rings is 1. The number of nitrogens with zero attached hydrogens (tertiary/aromatic N) is 4. The van der Waals surface area contributed by atoms with Crippen LogP contribution in [0.25, 0.3) is 0 Å². The van der Waals surface area contributed by atoms with Crippen LogP contribution in [0.1, 0.15) is 33.1 Å². The van der Waals surface area contributed by atoms with Crippen molar-refractivity contribution in [2.75, 3.05) is 58.2 Å². The van der Waals surface area contributed by atoms with Gasteiger partial charge in [-0.1, -0.05) is 6.42 Å². The Morgan fingerprint density at radius 1 is 1.07 bits per heavy atom. The van der Waals surface area contributed by atoms with Gasteiger partial charge >= 0.3 is 0 Å². The lowest BCUT2D eigenvalue weighted by molar-refractivity contribution is -0.384. The Kier molecular flexibility index (Phi) is 7.01. The maximum absolute atomic E-state index is 12.9. The molecule has 9 nitrogen and oxygen atoms in total. The highest BCUT2D eigenvalue weighted by Gasteiger charge is 2.31. The number of anilines is 1. The zero-order valence-electron chi connectivity index (χ0n) is 18.1. The van der Waals surface area contributed by atoms with Crippen LogP contribution in [0, 0.1) is 10.1 Å². The van der Waals surface area contributed by atoms with E-state index in [-0.39, 0.29) is 16.1 Å². The first-order chi connectivity index (χ1) is 14.1. The maximum Gasteiger partial charge on any atom is 0.293 e. The molecule has 2 aliphatic rings. The Labute approximate surface area is 179 Å². The number of nitro groups is 1. The summed E-state index contributed by atoms with van der Waals surface area (Å²) in [4.78, 5) is 15.8. The third-order valence-electron chi connectivity index (χ3n) is 6.19. The van der Waals surface area contributed by atoms with E-state index in [2.05, 4.69) is 36.0 Å². The fourth-order valence-corrected chi connectivity index (χ4v) is 5.60. The van der Waals surface area contributed by atoms with Crippen molar-refractivity contribution in [2.24, 2.45) is 0 Å². The SMILES string of the molecule is CN1CCN(C(C)(C)CNc2ccc(S(=O)(=O)N3CCCCC3)cc2[N+](=O)[O-])CC1. The lowest BCUT2D eigenvalue weighted by Crippen LogP contribution is -2.56. The van der Waals surface area contributed by atoms with Crippen molar-refractivity contribution in [3.63, 3.8) is 0 Å². The molecule has 1 aromatic carbocycles. The van der Waals surface area contributed by atoms with Gasteiger partial charge < -0.3 is 10.2 Å². The smallest absolute Gasteiger partial charge is 0.293 e. The number of rotatable bonds is 7. The van der Waals surface area contributed by atoms with Crippen LogP contribution in [0.15, 0.2) is 23.1 Å². The van der Waals surface area contributed by atoms with Gasteiger partial charge in [-0.3, -0.25) is 15.0 Å². The Morgan fingerprint density at radius 2 is 1.70 bits per heavy atom. The first kappa shape index (κ1) is 22.9. The molecule has 2 heterocycles. The topological polar surface area (TPSA) is 99.0 Å². The summed E-state index contributed by atoms with van der Waals surface area (Å²) in [5, 5.41) is 14.9. The molecule has 0 atom stereocenters. The van der Waals surface area contributed by atoms with Crippen molar-refractivity contribution in [2.45, 2.75) is 43.5 Å². The van der Waals surface area contributed by atoms with Gasteiger partial charge in [-0.05, 0) is 45.9 Å². The lowest BCUT2D eigenvalue weighted by atomic mass is 10.0. The van der Waals surface area contributed by atoms with Gasteiger partial charge in [0.2, 0.25) is 10.0 Å². The van der Waals surface area contributed by atoms with Gasteiger partial charge in [0, 0.05) is 57.4 Å².